The number of halogens is 1. The number of nitrogens with zero attached hydrogens (tertiary/aromatic N) is 2. The van der Waals surface area contributed by atoms with Gasteiger partial charge in [-0.05, 0) is 43.9 Å². The third-order valence-electron chi connectivity index (χ3n) is 5.01. The maximum Gasteiger partial charge on any atom is 0.342 e. The van der Waals surface area contributed by atoms with Crippen molar-refractivity contribution in [2.24, 2.45) is 0 Å². The molecule has 0 aliphatic heterocycles. The van der Waals surface area contributed by atoms with Crippen LogP contribution in [0, 0.1) is 13.8 Å². The van der Waals surface area contributed by atoms with Gasteiger partial charge in [-0.2, -0.15) is 5.10 Å². The van der Waals surface area contributed by atoms with Crippen molar-refractivity contribution >= 4 is 23.5 Å². The molecule has 1 amide bonds. The van der Waals surface area contributed by atoms with Crippen molar-refractivity contribution < 1.29 is 14.3 Å². The second-order valence-electron chi connectivity index (χ2n) is 7.31. The van der Waals surface area contributed by atoms with E-state index >= 15 is 0 Å². The van der Waals surface area contributed by atoms with Crippen LogP contribution < -0.4 is 5.32 Å². The Hall–Kier alpha value is -3.12. The van der Waals surface area contributed by atoms with Crippen LogP contribution in [0.5, 0.6) is 0 Å². The molecule has 0 radical (unpaired) electrons. The van der Waals surface area contributed by atoms with E-state index in [1.807, 2.05) is 42.5 Å². The number of rotatable bonds is 9. The van der Waals surface area contributed by atoms with Gasteiger partial charge in [0.05, 0.1) is 17.9 Å². The molecule has 162 valence electrons. The van der Waals surface area contributed by atoms with Crippen molar-refractivity contribution in [2.75, 3.05) is 13.2 Å². The first-order valence-electron chi connectivity index (χ1n) is 10.2. The molecule has 7 heteroatoms. The molecule has 0 spiro atoms. The summed E-state index contributed by atoms with van der Waals surface area (Å²) >= 11 is 6.23. The van der Waals surface area contributed by atoms with Crippen LogP contribution in [0.1, 0.15) is 39.3 Å². The summed E-state index contributed by atoms with van der Waals surface area (Å²) in [5.41, 5.74) is 3.74. The van der Waals surface area contributed by atoms with Gasteiger partial charge in [-0.3, -0.25) is 9.48 Å². The van der Waals surface area contributed by atoms with Crippen LogP contribution in [-0.4, -0.2) is 34.8 Å². The van der Waals surface area contributed by atoms with Crippen molar-refractivity contribution in [2.45, 2.75) is 33.2 Å². The van der Waals surface area contributed by atoms with Crippen molar-refractivity contribution in [3.05, 3.63) is 87.7 Å². The summed E-state index contributed by atoms with van der Waals surface area (Å²) in [6.45, 7) is 4.20. The normalized spacial score (nSPS) is 10.7. The summed E-state index contributed by atoms with van der Waals surface area (Å²) in [7, 11) is 0. The Morgan fingerprint density at radius 3 is 2.52 bits per heavy atom. The number of carbonyl (C=O) groups is 2. The molecule has 0 unspecified atom stereocenters. The number of nitrogens with one attached hydrogen (secondary N) is 1. The molecule has 0 saturated carbocycles. The number of amides is 1. The fraction of sp³-hybridized carbons (Fsp3) is 0.292. The Bertz CT molecular complexity index is 1050. The highest BCUT2D eigenvalue weighted by Crippen LogP contribution is 2.20. The van der Waals surface area contributed by atoms with E-state index in [1.165, 1.54) is 5.56 Å². The van der Waals surface area contributed by atoms with Crippen LogP contribution in [0.15, 0.2) is 54.6 Å². The Labute approximate surface area is 187 Å². The topological polar surface area (TPSA) is 73.2 Å². The molecule has 31 heavy (non-hydrogen) atoms. The van der Waals surface area contributed by atoms with Crippen molar-refractivity contribution in [3.8, 4) is 0 Å². The molecule has 0 aliphatic rings. The van der Waals surface area contributed by atoms with Gasteiger partial charge < -0.3 is 10.1 Å². The van der Waals surface area contributed by atoms with Crippen molar-refractivity contribution in [3.63, 3.8) is 0 Å². The number of ether oxygens (including phenoxy) is 1. The van der Waals surface area contributed by atoms with Crippen molar-refractivity contribution in [1.82, 2.24) is 15.1 Å². The zero-order valence-electron chi connectivity index (χ0n) is 17.7. The summed E-state index contributed by atoms with van der Waals surface area (Å²) in [6, 6.07) is 17.6. The van der Waals surface area contributed by atoms with Crippen LogP contribution in [0.25, 0.3) is 0 Å². The molecule has 1 heterocycles. The van der Waals surface area contributed by atoms with Gasteiger partial charge in [0.25, 0.3) is 5.91 Å². The van der Waals surface area contributed by atoms with E-state index in [1.54, 1.807) is 18.5 Å². The second-order valence-corrected chi connectivity index (χ2v) is 7.72. The zero-order valence-corrected chi connectivity index (χ0v) is 18.5. The molecule has 2 aromatic carbocycles. The highest BCUT2D eigenvalue weighted by molar-refractivity contribution is 6.31. The number of carbonyl (C=O) groups excluding carboxylic acids is 2. The first-order valence-corrected chi connectivity index (χ1v) is 10.6. The quantitative estimate of drug-likeness (QED) is 0.402. The highest BCUT2D eigenvalue weighted by Gasteiger charge is 2.21. The third-order valence-corrected chi connectivity index (χ3v) is 5.37. The van der Waals surface area contributed by atoms with E-state index in [0.717, 1.165) is 18.4 Å². The lowest BCUT2D eigenvalue weighted by Gasteiger charge is -2.08. The lowest BCUT2D eigenvalue weighted by Crippen LogP contribution is -2.30. The summed E-state index contributed by atoms with van der Waals surface area (Å²) in [5.74, 6) is -0.875. The van der Waals surface area contributed by atoms with Crippen LogP contribution in [0.4, 0.5) is 0 Å². The fourth-order valence-electron chi connectivity index (χ4n) is 3.35. The maximum absolute atomic E-state index is 12.6. The lowest BCUT2D eigenvalue weighted by atomic mass is 10.1. The second kappa shape index (κ2) is 10.8. The molecule has 6 nitrogen and oxygen atoms in total. The zero-order chi connectivity index (χ0) is 22.2. The molecular weight excluding hydrogens is 414 g/mol. The average molecular weight is 440 g/mol. The van der Waals surface area contributed by atoms with Crippen molar-refractivity contribution in [1.29, 1.82) is 0 Å². The fourth-order valence-corrected chi connectivity index (χ4v) is 3.55. The lowest BCUT2D eigenvalue weighted by molar-refractivity contribution is -0.124. The maximum atomic E-state index is 12.6. The molecule has 0 saturated heterocycles. The van der Waals surface area contributed by atoms with Crippen LogP contribution >= 0.6 is 11.6 Å². The SMILES string of the molecule is Cc1nn(Cc2ccccc2Cl)c(C)c1C(=O)OCC(=O)NCCCc1ccccc1. The number of aromatic nitrogens is 2. The van der Waals surface area contributed by atoms with E-state index in [-0.39, 0.29) is 12.5 Å². The van der Waals surface area contributed by atoms with E-state index in [2.05, 4.69) is 22.5 Å². The van der Waals surface area contributed by atoms with Gasteiger partial charge in [-0.15, -0.1) is 0 Å². The molecule has 0 aliphatic carbocycles. The van der Waals surface area contributed by atoms with Crippen LogP contribution in [0.2, 0.25) is 5.02 Å². The van der Waals surface area contributed by atoms with Crippen LogP contribution in [-0.2, 0) is 22.5 Å². The van der Waals surface area contributed by atoms with E-state index in [9.17, 15) is 9.59 Å². The minimum Gasteiger partial charge on any atom is -0.452 e. The number of benzene rings is 2. The van der Waals surface area contributed by atoms with Gasteiger partial charge in [0.1, 0.15) is 5.56 Å². The smallest absolute Gasteiger partial charge is 0.342 e. The minimum atomic E-state index is -0.556. The number of hydrogen-bond acceptors (Lipinski definition) is 4. The molecule has 3 rings (SSSR count). The summed E-state index contributed by atoms with van der Waals surface area (Å²) in [4.78, 5) is 24.6. The summed E-state index contributed by atoms with van der Waals surface area (Å²) in [5, 5.41) is 7.86. The summed E-state index contributed by atoms with van der Waals surface area (Å²) in [6.07, 6.45) is 1.70. The molecule has 0 atom stereocenters. The Morgan fingerprint density at radius 2 is 1.77 bits per heavy atom. The van der Waals surface area contributed by atoms with E-state index in [4.69, 9.17) is 16.3 Å². The van der Waals surface area contributed by atoms with E-state index < -0.39 is 5.97 Å². The van der Waals surface area contributed by atoms with Gasteiger partial charge in [0.15, 0.2) is 6.61 Å². The molecule has 1 N–H and O–H groups in total. The molecular formula is C24H26ClN3O3. The third kappa shape index (κ3) is 6.18. The Kier molecular flexibility index (Phi) is 7.84. The average Bonchev–Trinajstić information content (AvgIpc) is 3.05. The first kappa shape index (κ1) is 22.6. The molecule has 3 aromatic rings. The van der Waals surface area contributed by atoms with Gasteiger partial charge >= 0.3 is 5.97 Å². The predicted octanol–water partition coefficient (Wildman–Crippen LogP) is 4.11. The van der Waals surface area contributed by atoms with Crippen LogP contribution in [0.3, 0.4) is 0 Å². The summed E-state index contributed by atoms with van der Waals surface area (Å²) < 4.78 is 6.94. The monoisotopic (exact) mass is 439 g/mol. The van der Waals surface area contributed by atoms with Gasteiger partial charge in [-0.25, -0.2) is 4.79 Å². The number of esters is 1. The number of hydrogen-bond donors (Lipinski definition) is 1. The molecule has 0 fully saturated rings. The standard InChI is InChI=1S/C24H26ClN3O3/c1-17-23(18(2)28(27-17)15-20-12-6-7-13-21(20)25)24(30)31-16-22(29)26-14-8-11-19-9-4-3-5-10-19/h3-7,9-10,12-13H,8,11,14-16H2,1-2H3,(H,26,29). The predicted molar refractivity (Wildman–Crippen MR) is 120 cm³/mol. The number of aryl methyl sites for hydroxylation is 2. The highest BCUT2D eigenvalue weighted by atomic mass is 35.5. The van der Waals surface area contributed by atoms with E-state index in [0.29, 0.717) is 35.1 Å². The molecule has 1 aromatic heterocycles. The first-order chi connectivity index (χ1) is 15.0. The largest absolute Gasteiger partial charge is 0.452 e. The van der Waals surface area contributed by atoms with Gasteiger partial charge in [0, 0.05) is 11.6 Å². The minimum absolute atomic E-state index is 0.319. The molecule has 0 bridgehead atoms. The van der Waals surface area contributed by atoms with Gasteiger partial charge in [0.2, 0.25) is 0 Å². The van der Waals surface area contributed by atoms with Gasteiger partial charge in [-0.1, -0.05) is 60.1 Å². The Balaban J connectivity index is 1.49. The Morgan fingerprint density at radius 1 is 1.06 bits per heavy atom.